The van der Waals surface area contributed by atoms with Crippen molar-refractivity contribution in [2.75, 3.05) is 0 Å². The Morgan fingerprint density at radius 2 is 1.94 bits per heavy atom. The van der Waals surface area contributed by atoms with Crippen molar-refractivity contribution in [2.24, 2.45) is 0 Å². The van der Waals surface area contributed by atoms with Gasteiger partial charge in [-0.05, 0) is 25.0 Å². The quantitative estimate of drug-likeness (QED) is 0.704. The number of rotatable bonds is 4. The van der Waals surface area contributed by atoms with Crippen molar-refractivity contribution in [1.82, 2.24) is 4.98 Å². The lowest BCUT2D eigenvalue weighted by molar-refractivity contribution is 0.440. The van der Waals surface area contributed by atoms with E-state index >= 15 is 0 Å². The summed E-state index contributed by atoms with van der Waals surface area (Å²) < 4.78 is 0. The van der Waals surface area contributed by atoms with Crippen LogP contribution in [0.4, 0.5) is 0 Å². The molecule has 1 aromatic rings. The Hall–Kier alpha value is -0.825. The lowest BCUT2D eigenvalue weighted by Gasteiger charge is -2.26. The molecule has 0 amide bonds. The highest BCUT2D eigenvalue weighted by molar-refractivity contribution is 7.12. The van der Waals surface area contributed by atoms with Gasteiger partial charge in [0.2, 0.25) is 0 Å². The number of aromatic nitrogens is 1. The third-order valence-corrected chi connectivity index (χ3v) is 4.90. The van der Waals surface area contributed by atoms with Gasteiger partial charge in [-0.3, -0.25) is 0 Å². The fourth-order valence-electron chi connectivity index (χ4n) is 2.53. The normalized spacial score (nSPS) is 24.3. The van der Waals surface area contributed by atoms with E-state index in [-0.39, 0.29) is 0 Å². The van der Waals surface area contributed by atoms with Crippen molar-refractivity contribution in [3.8, 4) is 0 Å². The summed E-state index contributed by atoms with van der Waals surface area (Å²) in [7, 11) is 2.35. The maximum atomic E-state index is 4.69. The predicted molar refractivity (Wildman–Crippen MR) is 78.9 cm³/mol. The Balaban J connectivity index is 2.10. The minimum atomic E-state index is 0.656. The molecular weight excluding hydrogens is 225 g/mol. The third kappa shape index (κ3) is 2.71. The Morgan fingerprint density at radius 3 is 2.41 bits per heavy atom. The summed E-state index contributed by atoms with van der Waals surface area (Å²) in [5.74, 6) is 1.48. The lowest BCUT2D eigenvalue weighted by atomic mass is 9.59. The van der Waals surface area contributed by atoms with Gasteiger partial charge in [-0.25, -0.2) is 4.98 Å². The molecule has 0 bridgehead atoms. The molecule has 0 N–H and O–H groups in total. The SMILES string of the molecule is C=Cc1nc(C2CCC([B]C)CC2)sc1C=C. The Labute approximate surface area is 109 Å². The molecule has 1 aliphatic carbocycles. The second-order valence-electron chi connectivity index (χ2n) is 4.65. The van der Waals surface area contributed by atoms with Crippen molar-refractivity contribution in [3.05, 3.63) is 28.7 Å². The smallest absolute Gasteiger partial charge is 0.110 e. The lowest BCUT2D eigenvalue weighted by Crippen LogP contribution is -2.12. The van der Waals surface area contributed by atoms with Crippen LogP contribution in [0.5, 0.6) is 0 Å². The van der Waals surface area contributed by atoms with Crippen LogP contribution in [-0.4, -0.2) is 12.3 Å². The molecule has 0 saturated heterocycles. The van der Waals surface area contributed by atoms with Crippen LogP contribution >= 0.6 is 11.3 Å². The number of hydrogen-bond acceptors (Lipinski definition) is 2. The molecule has 0 aromatic carbocycles. The first-order chi connectivity index (χ1) is 8.28. The van der Waals surface area contributed by atoms with Gasteiger partial charge in [-0.15, -0.1) is 11.3 Å². The van der Waals surface area contributed by atoms with E-state index in [1.54, 1.807) is 11.3 Å². The summed E-state index contributed by atoms with van der Waals surface area (Å²) in [6, 6.07) is 0. The minimum absolute atomic E-state index is 0.656. The van der Waals surface area contributed by atoms with Crippen LogP contribution in [0.2, 0.25) is 12.6 Å². The molecule has 1 nitrogen and oxygen atoms in total. The van der Waals surface area contributed by atoms with Gasteiger partial charge < -0.3 is 0 Å². The monoisotopic (exact) mass is 244 g/mol. The third-order valence-electron chi connectivity index (χ3n) is 3.67. The van der Waals surface area contributed by atoms with Crippen LogP contribution < -0.4 is 0 Å². The van der Waals surface area contributed by atoms with E-state index in [2.05, 4.69) is 27.3 Å². The molecule has 1 fully saturated rings. The van der Waals surface area contributed by atoms with E-state index in [9.17, 15) is 0 Å². The van der Waals surface area contributed by atoms with Crippen LogP contribution in [0.3, 0.4) is 0 Å². The molecule has 1 aromatic heterocycles. The number of hydrogen-bond donors (Lipinski definition) is 0. The Morgan fingerprint density at radius 1 is 1.24 bits per heavy atom. The van der Waals surface area contributed by atoms with Crippen molar-refractivity contribution in [3.63, 3.8) is 0 Å². The summed E-state index contributed by atoms with van der Waals surface area (Å²) in [5.41, 5.74) is 1.00. The molecule has 89 valence electrons. The highest BCUT2D eigenvalue weighted by Crippen LogP contribution is 2.40. The average Bonchev–Trinajstić information content (AvgIpc) is 2.82. The second-order valence-corrected chi connectivity index (χ2v) is 5.72. The summed E-state index contributed by atoms with van der Waals surface area (Å²) in [4.78, 5) is 5.86. The fourth-order valence-corrected chi connectivity index (χ4v) is 3.62. The van der Waals surface area contributed by atoms with Gasteiger partial charge in [0.1, 0.15) is 7.28 Å². The predicted octanol–water partition coefficient (Wildman–Crippen LogP) is 4.63. The van der Waals surface area contributed by atoms with Crippen LogP contribution in [0.15, 0.2) is 13.2 Å². The summed E-state index contributed by atoms with van der Waals surface area (Å²) in [6.07, 6.45) is 8.90. The maximum absolute atomic E-state index is 4.69. The van der Waals surface area contributed by atoms with Crippen molar-refractivity contribution in [2.45, 2.75) is 44.2 Å². The van der Waals surface area contributed by atoms with E-state index in [1.807, 2.05) is 12.2 Å². The molecule has 1 heterocycles. The Kier molecular flexibility index (Phi) is 4.22. The highest BCUT2D eigenvalue weighted by Gasteiger charge is 2.24. The first-order valence-electron chi connectivity index (χ1n) is 6.33. The molecule has 1 radical (unpaired) electrons. The second kappa shape index (κ2) is 5.68. The van der Waals surface area contributed by atoms with Gasteiger partial charge in [-0.1, -0.05) is 38.6 Å². The van der Waals surface area contributed by atoms with Crippen LogP contribution in [0, 0.1) is 0 Å². The zero-order valence-electron chi connectivity index (χ0n) is 10.5. The summed E-state index contributed by atoms with van der Waals surface area (Å²) >= 11 is 1.79. The van der Waals surface area contributed by atoms with E-state index < -0.39 is 0 Å². The molecule has 0 unspecified atom stereocenters. The van der Waals surface area contributed by atoms with E-state index in [1.165, 1.54) is 35.6 Å². The summed E-state index contributed by atoms with van der Waals surface area (Å²) in [5, 5.41) is 1.28. The van der Waals surface area contributed by atoms with E-state index in [0.717, 1.165) is 11.5 Å². The maximum Gasteiger partial charge on any atom is 0.110 e. The largest absolute Gasteiger partial charge is 0.241 e. The minimum Gasteiger partial charge on any atom is -0.241 e. The Bertz CT molecular complexity index is 377. The van der Waals surface area contributed by atoms with Gasteiger partial charge >= 0.3 is 0 Å². The van der Waals surface area contributed by atoms with Gasteiger partial charge in [0.15, 0.2) is 0 Å². The standard InChI is InChI=1S/C14H19BNS/c1-4-12-13(5-2)17-14(16-12)10-6-8-11(15-3)9-7-10/h4-5,10-11H,1-2,6-9H2,3H3. The molecule has 17 heavy (non-hydrogen) atoms. The number of nitrogens with zero attached hydrogens (tertiary/aromatic N) is 1. The van der Waals surface area contributed by atoms with Crippen molar-refractivity contribution < 1.29 is 0 Å². The first-order valence-corrected chi connectivity index (χ1v) is 7.15. The fraction of sp³-hybridized carbons (Fsp3) is 0.500. The first kappa shape index (κ1) is 12.6. The van der Waals surface area contributed by atoms with Gasteiger partial charge in [0.25, 0.3) is 0 Å². The van der Waals surface area contributed by atoms with Gasteiger partial charge in [0.05, 0.1) is 15.6 Å². The van der Waals surface area contributed by atoms with Crippen LogP contribution in [0.1, 0.15) is 47.2 Å². The van der Waals surface area contributed by atoms with Crippen LogP contribution in [0.25, 0.3) is 12.2 Å². The molecule has 0 aliphatic heterocycles. The molecular formula is C14H19BNS. The molecule has 1 aliphatic rings. The van der Waals surface area contributed by atoms with Gasteiger partial charge in [-0.2, -0.15) is 0 Å². The van der Waals surface area contributed by atoms with Crippen molar-refractivity contribution in [1.29, 1.82) is 0 Å². The van der Waals surface area contributed by atoms with Gasteiger partial charge in [0, 0.05) is 5.92 Å². The van der Waals surface area contributed by atoms with Crippen LogP contribution in [-0.2, 0) is 0 Å². The number of thiazole rings is 1. The average molecular weight is 244 g/mol. The molecule has 1 saturated carbocycles. The zero-order valence-corrected chi connectivity index (χ0v) is 11.3. The highest BCUT2D eigenvalue weighted by atomic mass is 32.1. The molecule has 0 atom stereocenters. The van der Waals surface area contributed by atoms with E-state index in [4.69, 9.17) is 4.98 Å². The van der Waals surface area contributed by atoms with E-state index in [0.29, 0.717) is 5.92 Å². The topological polar surface area (TPSA) is 12.9 Å². The zero-order chi connectivity index (χ0) is 12.3. The molecule has 0 spiro atoms. The molecule has 2 rings (SSSR count). The summed E-state index contributed by atoms with van der Waals surface area (Å²) in [6.45, 7) is 9.84. The van der Waals surface area contributed by atoms with Crippen molar-refractivity contribution >= 4 is 30.8 Å². The molecule has 3 heteroatoms.